The summed E-state index contributed by atoms with van der Waals surface area (Å²) in [5.41, 5.74) is 6.51. The molecule has 0 saturated carbocycles. The summed E-state index contributed by atoms with van der Waals surface area (Å²) in [6.07, 6.45) is 1.53. The van der Waals surface area contributed by atoms with E-state index in [0.717, 1.165) is 0 Å². The average Bonchev–Trinajstić information content (AvgIpc) is 2.93. The van der Waals surface area contributed by atoms with Crippen molar-refractivity contribution in [2.75, 3.05) is 13.2 Å². The molecule has 0 amide bonds. The van der Waals surface area contributed by atoms with Crippen molar-refractivity contribution in [2.45, 2.75) is 19.9 Å². The van der Waals surface area contributed by atoms with E-state index in [1.165, 1.54) is 6.20 Å². The predicted molar refractivity (Wildman–Crippen MR) is 58.0 cm³/mol. The maximum Gasteiger partial charge on any atom is 0.263 e. The molecule has 0 bridgehead atoms. The van der Waals surface area contributed by atoms with Crippen molar-refractivity contribution < 1.29 is 13.8 Å². The molecule has 7 heteroatoms. The number of aromatic nitrogens is 3. The van der Waals surface area contributed by atoms with Crippen LogP contribution in [0.1, 0.15) is 24.6 Å². The van der Waals surface area contributed by atoms with Gasteiger partial charge in [-0.2, -0.15) is 4.98 Å². The van der Waals surface area contributed by atoms with Crippen LogP contribution in [0.15, 0.2) is 15.2 Å². The monoisotopic (exact) mass is 238 g/mol. The lowest BCUT2D eigenvalue weighted by Gasteiger charge is -2.05. The van der Waals surface area contributed by atoms with Gasteiger partial charge in [-0.1, -0.05) is 10.3 Å². The number of rotatable bonds is 5. The molecule has 2 aromatic heterocycles. The summed E-state index contributed by atoms with van der Waals surface area (Å²) in [7, 11) is 0. The number of aryl methyl sites for hydroxylation is 1. The van der Waals surface area contributed by atoms with Gasteiger partial charge in [-0.3, -0.25) is 0 Å². The third-order valence-corrected chi connectivity index (χ3v) is 2.26. The highest BCUT2D eigenvalue weighted by Gasteiger charge is 2.18. The number of hydrogen-bond donors (Lipinski definition) is 1. The molecular formula is C10H14N4O3. The second kappa shape index (κ2) is 5.07. The van der Waals surface area contributed by atoms with Crippen molar-refractivity contribution >= 4 is 0 Å². The molecule has 2 N–H and O–H groups in total. The van der Waals surface area contributed by atoms with Crippen LogP contribution in [0.5, 0.6) is 0 Å². The molecular weight excluding hydrogens is 224 g/mol. The summed E-state index contributed by atoms with van der Waals surface area (Å²) in [5, 5.41) is 7.45. The van der Waals surface area contributed by atoms with Gasteiger partial charge in [-0.15, -0.1) is 0 Å². The quantitative estimate of drug-likeness (QED) is 0.831. The van der Waals surface area contributed by atoms with Gasteiger partial charge < -0.3 is 19.5 Å². The maximum absolute atomic E-state index is 5.84. The molecule has 92 valence electrons. The van der Waals surface area contributed by atoms with Crippen molar-refractivity contribution in [1.82, 2.24) is 15.3 Å². The van der Waals surface area contributed by atoms with Gasteiger partial charge >= 0.3 is 0 Å². The van der Waals surface area contributed by atoms with E-state index < -0.39 is 6.04 Å². The van der Waals surface area contributed by atoms with Gasteiger partial charge in [0.1, 0.15) is 11.3 Å². The lowest BCUT2D eigenvalue weighted by Crippen LogP contribution is -2.18. The molecule has 0 aromatic carbocycles. The van der Waals surface area contributed by atoms with E-state index in [2.05, 4.69) is 15.3 Å². The average molecular weight is 238 g/mol. The van der Waals surface area contributed by atoms with Crippen molar-refractivity contribution in [2.24, 2.45) is 5.73 Å². The van der Waals surface area contributed by atoms with Gasteiger partial charge in [0.05, 0.1) is 18.8 Å². The van der Waals surface area contributed by atoms with Crippen molar-refractivity contribution in [1.29, 1.82) is 0 Å². The largest absolute Gasteiger partial charge is 0.380 e. The molecule has 0 aliphatic rings. The number of nitrogens with zero attached hydrogens (tertiary/aromatic N) is 3. The van der Waals surface area contributed by atoms with Crippen LogP contribution in [0.2, 0.25) is 0 Å². The van der Waals surface area contributed by atoms with Gasteiger partial charge in [0.2, 0.25) is 0 Å². The first-order chi connectivity index (χ1) is 8.22. The zero-order valence-electron chi connectivity index (χ0n) is 9.71. The van der Waals surface area contributed by atoms with E-state index in [1.807, 2.05) is 6.92 Å². The van der Waals surface area contributed by atoms with Gasteiger partial charge in [0.25, 0.3) is 5.89 Å². The highest BCUT2D eigenvalue weighted by molar-refractivity contribution is 5.53. The smallest absolute Gasteiger partial charge is 0.263 e. The van der Waals surface area contributed by atoms with Crippen LogP contribution in [-0.2, 0) is 4.74 Å². The van der Waals surface area contributed by atoms with Crippen LogP contribution in [0.4, 0.5) is 0 Å². The van der Waals surface area contributed by atoms with Crippen LogP contribution in [0, 0.1) is 6.92 Å². The van der Waals surface area contributed by atoms with Crippen molar-refractivity contribution in [3.63, 3.8) is 0 Å². The third kappa shape index (κ3) is 2.51. The topological polar surface area (TPSA) is 100 Å². The molecule has 1 unspecified atom stereocenters. The van der Waals surface area contributed by atoms with Crippen LogP contribution < -0.4 is 5.73 Å². The fourth-order valence-corrected chi connectivity index (χ4v) is 1.32. The predicted octanol–water partition coefficient (Wildman–Crippen LogP) is 1.07. The Morgan fingerprint density at radius 2 is 2.29 bits per heavy atom. The fraction of sp³-hybridized carbons (Fsp3) is 0.500. The summed E-state index contributed by atoms with van der Waals surface area (Å²) in [5.74, 6) is 1.39. The van der Waals surface area contributed by atoms with E-state index in [4.69, 9.17) is 19.5 Å². The first-order valence-corrected chi connectivity index (χ1v) is 5.31. The Bertz CT molecular complexity index is 479. The van der Waals surface area contributed by atoms with E-state index in [0.29, 0.717) is 36.3 Å². The number of nitrogens with two attached hydrogens (primary N) is 1. The van der Waals surface area contributed by atoms with Gasteiger partial charge in [0.15, 0.2) is 5.82 Å². The van der Waals surface area contributed by atoms with Crippen molar-refractivity contribution in [3.8, 4) is 11.5 Å². The fourth-order valence-electron chi connectivity index (χ4n) is 1.32. The Kier molecular flexibility index (Phi) is 3.50. The van der Waals surface area contributed by atoms with E-state index in [9.17, 15) is 0 Å². The minimum atomic E-state index is -0.396. The number of hydrogen-bond acceptors (Lipinski definition) is 7. The third-order valence-electron chi connectivity index (χ3n) is 2.26. The Hall–Kier alpha value is -1.73. The molecule has 0 aliphatic heterocycles. The highest BCUT2D eigenvalue weighted by atomic mass is 16.5. The zero-order chi connectivity index (χ0) is 12.3. The lowest BCUT2D eigenvalue weighted by molar-refractivity contribution is 0.130. The zero-order valence-corrected chi connectivity index (χ0v) is 9.71. The first-order valence-electron chi connectivity index (χ1n) is 5.31. The van der Waals surface area contributed by atoms with Crippen LogP contribution in [0.3, 0.4) is 0 Å². The number of ether oxygens (including phenoxy) is 1. The minimum Gasteiger partial charge on any atom is -0.380 e. The highest BCUT2D eigenvalue weighted by Crippen LogP contribution is 2.21. The maximum atomic E-state index is 5.84. The van der Waals surface area contributed by atoms with Gasteiger partial charge in [0, 0.05) is 6.61 Å². The Morgan fingerprint density at radius 1 is 1.47 bits per heavy atom. The van der Waals surface area contributed by atoms with Crippen LogP contribution >= 0.6 is 0 Å². The Labute approximate surface area is 97.9 Å². The summed E-state index contributed by atoms with van der Waals surface area (Å²) >= 11 is 0. The SMILES string of the molecule is CCOCC(N)c1noc(-c2cnoc2C)n1. The molecule has 17 heavy (non-hydrogen) atoms. The molecule has 2 heterocycles. The normalized spacial score (nSPS) is 12.9. The molecule has 2 rings (SSSR count). The summed E-state index contributed by atoms with van der Waals surface area (Å²) in [4.78, 5) is 4.18. The molecule has 7 nitrogen and oxygen atoms in total. The molecule has 2 aromatic rings. The second-order valence-electron chi connectivity index (χ2n) is 3.52. The molecule has 0 radical (unpaired) electrons. The molecule has 1 atom stereocenters. The summed E-state index contributed by atoms with van der Waals surface area (Å²) in [6, 6.07) is -0.396. The first kappa shape index (κ1) is 11.7. The summed E-state index contributed by atoms with van der Waals surface area (Å²) in [6.45, 7) is 4.63. The lowest BCUT2D eigenvalue weighted by atomic mass is 10.3. The Balaban J connectivity index is 2.13. The van der Waals surface area contributed by atoms with Gasteiger partial charge in [-0.05, 0) is 13.8 Å². The van der Waals surface area contributed by atoms with Gasteiger partial charge in [-0.25, -0.2) is 0 Å². The Morgan fingerprint density at radius 3 is 2.94 bits per heavy atom. The molecule has 0 fully saturated rings. The molecule has 0 saturated heterocycles. The van der Waals surface area contributed by atoms with E-state index >= 15 is 0 Å². The van der Waals surface area contributed by atoms with Crippen molar-refractivity contribution in [3.05, 3.63) is 17.8 Å². The van der Waals surface area contributed by atoms with Crippen LogP contribution in [-0.4, -0.2) is 28.5 Å². The van der Waals surface area contributed by atoms with E-state index in [-0.39, 0.29) is 0 Å². The second-order valence-corrected chi connectivity index (χ2v) is 3.52. The van der Waals surface area contributed by atoms with E-state index in [1.54, 1.807) is 6.92 Å². The molecule has 0 spiro atoms. The molecule has 0 aliphatic carbocycles. The standard InChI is InChI=1S/C10H14N4O3/c1-3-15-5-8(11)9-13-10(17-14-9)7-4-12-16-6(7)2/h4,8H,3,5,11H2,1-2H3. The minimum absolute atomic E-state index is 0.352. The van der Waals surface area contributed by atoms with Crippen LogP contribution in [0.25, 0.3) is 11.5 Å². The summed E-state index contributed by atoms with van der Waals surface area (Å²) < 4.78 is 15.2.